The molecule has 2 aromatic carbocycles. The topological polar surface area (TPSA) is 89.9 Å². The average molecular weight is 417 g/mol. The number of nitrogens with zero attached hydrogens (tertiary/aromatic N) is 5. The Hall–Kier alpha value is -2.42. The number of hydrogen-bond donors (Lipinski definition) is 1. The Balaban J connectivity index is 0.00000225. The largest absolute Gasteiger partial charge is 0.337 e. The Labute approximate surface area is 173 Å². The number of halogens is 1. The highest BCUT2D eigenvalue weighted by Gasteiger charge is 2.26. The molecule has 1 aliphatic heterocycles. The lowest BCUT2D eigenvalue weighted by atomic mass is 10.2. The lowest BCUT2D eigenvalue weighted by Crippen LogP contribution is -2.32. The summed E-state index contributed by atoms with van der Waals surface area (Å²) in [5, 5.41) is 12.0. The monoisotopic (exact) mass is 416 g/mol. The van der Waals surface area contributed by atoms with Crippen molar-refractivity contribution in [2.45, 2.75) is 23.1 Å². The lowest BCUT2D eigenvalue weighted by Gasteiger charge is -2.17. The summed E-state index contributed by atoms with van der Waals surface area (Å²) in [4.78, 5) is 15.6. The quantitative estimate of drug-likeness (QED) is 0.643. The minimum atomic E-state index is 0. The molecule has 1 atom stereocenters. The molecular weight excluding hydrogens is 396 g/mol. The Bertz CT molecular complexity index is 935. The van der Waals surface area contributed by atoms with Crippen LogP contribution in [-0.2, 0) is 5.75 Å². The molecule has 4 rings (SSSR count). The predicted molar refractivity (Wildman–Crippen MR) is 111 cm³/mol. The third-order valence-corrected chi connectivity index (χ3v) is 5.59. The molecular formula is C19H21ClN6OS. The van der Waals surface area contributed by atoms with Gasteiger partial charge in [-0.2, -0.15) is 4.68 Å². The van der Waals surface area contributed by atoms with Crippen LogP contribution in [0.5, 0.6) is 0 Å². The highest BCUT2D eigenvalue weighted by Crippen LogP contribution is 2.28. The van der Waals surface area contributed by atoms with Gasteiger partial charge in [-0.05, 0) is 41.1 Å². The van der Waals surface area contributed by atoms with Crippen LogP contribution in [0.2, 0.25) is 0 Å². The van der Waals surface area contributed by atoms with E-state index < -0.39 is 0 Å². The molecule has 0 unspecified atom stereocenters. The molecule has 1 amide bonds. The number of thioether (sulfide) groups is 1. The second-order valence-corrected chi connectivity index (χ2v) is 7.44. The van der Waals surface area contributed by atoms with E-state index in [1.165, 1.54) is 0 Å². The molecule has 0 aliphatic carbocycles. The molecule has 9 heteroatoms. The first-order valence-corrected chi connectivity index (χ1v) is 9.80. The molecule has 2 N–H and O–H groups in total. The van der Waals surface area contributed by atoms with E-state index in [1.807, 2.05) is 59.5 Å². The van der Waals surface area contributed by atoms with Gasteiger partial charge in [0.1, 0.15) is 0 Å². The number of carbonyl (C=O) groups excluding carboxylic acids is 1. The number of amides is 1. The van der Waals surface area contributed by atoms with Gasteiger partial charge in [-0.3, -0.25) is 4.79 Å². The van der Waals surface area contributed by atoms with Gasteiger partial charge >= 0.3 is 0 Å². The number of benzene rings is 2. The molecule has 1 saturated heterocycles. The van der Waals surface area contributed by atoms with Crippen LogP contribution in [0.4, 0.5) is 0 Å². The molecule has 0 bridgehead atoms. The fourth-order valence-corrected chi connectivity index (χ4v) is 4.07. The van der Waals surface area contributed by atoms with E-state index in [0.29, 0.717) is 24.4 Å². The minimum Gasteiger partial charge on any atom is -0.337 e. The van der Waals surface area contributed by atoms with E-state index >= 15 is 0 Å². The normalized spacial score (nSPS) is 16.0. The van der Waals surface area contributed by atoms with Crippen molar-refractivity contribution in [3.63, 3.8) is 0 Å². The Morgan fingerprint density at radius 2 is 1.89 bits per heavy atom. The minimum absolute atomic E-state index is 0. The van der Waals surface area contributed by atoms with Crippen molar-refractivity contribution in [3.8, 4) is 5.69 Å². The van der Waals surface area contributed by atoms with E-state index in [4.69, 9.17) is 5.73 Å². The predicted octanol–water partition coefficient (Wildman–Crippen LogP) is 2.55. The standard InChI is InChI=1S/C19H20N6OS.ClH/c20-14-10-11-24(12-14)19(26)16-8-4-5-9-17(16)27-13-18-21-22-23-25(18)15-6-2-1-3-7-15;/h1-9,14H,10-13,20H2;1H/t14-;/m1./s1. The second-order valence-electron chi connectivity index (χ2n) is 6.43. The zero-order chi connectivity index (χ0) is 18.6. The lowest BCUT2D eigenvalue weighted by molar-refractivity contribution is 0.0787. The summed E-state index contributed by atoms with van der Waals surface area (Å²) in [6.07, 6.45) is 0.854. The van der Waals surface area contributed by atoms with Gasteiger partial charge in [0, 0.05) is 24.0 Å². The van der Waals surface area contributed by atoms with Crippen molar-refractivity contribution >= 4 is 30.1 Å². The van der Waals surface area contributed by atoms with Gasteiger partial charge in [0.25, 0.3) is 5.91 Å². The molecule has 1 aromatic heterocycles. The number of nitrogens with two attached hydrogens (primary N) is 1. The van der Waals surface area contributed by atoms with Crippen LogP contribution in [-0.4, -0.2) is 50.1 Å². The number of aromatic nitrogens is 4. The SMILES string of the molecule is Cl.N[C@@H]1CCN(C(=O)c2ccccc2SCc2nnnn2-c2ccccc2)C1. The number of tetrazole rings is 1. The van der Waals surface area contributed by atoms with Crippen LogP contribution < -0.4 is 5.73 Å². The van der Waals surface area contributed by atoms with Crippen LogP contribution in [0.25, 0.3) is 5.69 Å². The third kappa shape index (κ3) is 4.35. The first-order valence-electron chi connectivity index (χ1n) is 8.82. The van der Waals surface area contributed by atoms with E-state index in [-0.39, 0.29) is 24.4 Å². The van der Waals surface area contributed by atoms with Gasteiger partial charge in [-0.25, -0.2) is 0 Å². The third-order valence-electron chi connectivity index (χ3n) is 4.52. The fraction of sp³-hybridized carbons (Fsp3) is 0.263. The van der Waals surface area contributed by atoms with Crippen LogP contribution in [0.15, 0.2) is 59.5 Å². The molecule has 28 heavy (non-hydrogen) atoms. The van der Waals surface area contributed by atoms with Crippen molar-refractivity contribution in [1.29, 1.82) is 0 Å². The molecule has 0 saturated carbocycles. The summed E-state index contributed by atoms with van der Waals surface area (Å²) in [7, 11) is 0. The Kier molecular flexibility index (Phi) is 6.66. The highest BCUT2D eigenvalue weighted by molar-refractivity contribution is 7.98. The molecule has 146 valence electrons. The van der Waals surface area contributed by atoms with Gasteiger partial charge in [0.05, 0.1) is 17.0 Å². The van der Waals surface area contributed by atoms with Crippen LogP contribution >= 0.6 is 24.2 Å². The van der Waals surface area contributed by atoms with E-state index in [0.717, 1.165) is 22.8 Å². The van der Waals surface area contributed by atoms with Gasteiger partial charge in [0.2, 0.25) is 0 Å². The number of para-hydroxylation sites is 1. The molecule has 3 aromatic rings. The van der Waals surface area contributed by atoms with Gasteiger partial charge in [0.15, 0.2) is 5.82 Å². The van der Waals surface area contributed by atoms with E-state index in [9.17, 15) is 4.79 Å². The number of hydrogen-bond acceptors (Lipinski definition) is 6. The smallest absolute Gasteiger partial charge is 0.255 e. The Morgan fingerprint density at radius 1 is 1.14 bits per heavy atom. The van der Waals surface area contributed by atoms with Crippen LogP contribution in [0.3, 0.4) is 0 Å². The highest BCUT2D eigenvalue weighted by atomic mass is 35.5. The van der Waals surface area contributed by atoms with Crippen molar-refractivity contribution < 1.29 is 4.79 Å². The molecule has 7 nitrogen and oxygen atoms in total. The van der Waals surface area contributed by atoms with Crippen molar-refractivity contribution in [2.75, 3.05) is 13.1 Å². The maximum absolute atomic E-state index is 12.9. The van der Waals surface area contributed by atoms with Crippen LogP contribution in [0.1, 0.15) is 22.6 Å². The first kappa shape index (κ1) is 20.3. The van der Waals surface area contributed by atoms with Gasteiger partial charge in [-0.15, -0.1) is 29.3 Å². The Morgan fingerprint density at radius 3 is 2.64 bits per heavy atom. The van der Waals surface area contributed by atoms with E-state index in [2.05, 4.69) is 15.5 Å². The number of rotatable bonds is 5. The molecule has 1 aliphatic rings. The van der Waals surface area contributed by atoms with Crippen molar-refractivity contribution in [2.24, 2.45) is 5.73 Å². The summed E-state index contributed by atoms with van der Waals surface area (Å²) >= 11 is 1.56. The average Bonchev–Trinajstić information content (AvgIpc) is 3.36. The summed E-state index contributed by atoms with van der Waals surface area (Å²) in [6, 6.07) is 17.5. The summed E-state index contributed by atoms with van der Waals surface area (Å²) in [6.45, 7) is 1.33. The summed E-state index contributed by atoms with van der Waals surface area (Å²) in [5.41, 5.74) is 7.56. The van der Waals surface area contributed by atoms with Crippen LogP contribution in [0, 0.1) is 0 Å². The maximum Gasteiger partial charge on any atom is 0.255 e. The second kappa shape index (κ2) is 9.18. The maximum atomic E-state index is 12.9. The van der Waals surface area contributed by atoms with Crippen molar-refractivity contribution in [3.05, 3.63) is 66.0 Å². The molecule has 0 radical (unpaired) electrons. The zero-order valence-electron chi connectivity index (χ0n) is 15.1. The zero-order valence-corrected chi connectivity index (χ0v) is 16.8. The van der Waals surface area contributed by atoms with Gasteiger partial charge < -0.3 is 10.6 Å². The first-order chi connectivity index (χ1) is 13.2. The van der Waals surface area contributed by atoms with Crippen molar-refractivity contribution in [1.82, 2.24) is 25.1 Å². The number of carbonyl (C=O) groups is 1. The molecule has 0 spiro atoms. The summed E-state index contributed by atoms with van der Waals surface area (Å²) in [5.74, 6) is 1.33. The fourth-order valence-electron chi connectivity index (χ4n) is 3.12. The molecule has 1 fully saturated rings. The van der Waals surface area contributed by atoms with Gasteiger partial charge in [-0.1, -0.05) is 30.3 Å². The van der Waals surface area contributed by atoms with E-state index in [1.54, 1.807) is 16.4 Å². The number of likely N-dealkylation sites (tertiary alicyclic amines) is 1. The molecule has 2 heterocycles. The summed E-state index contributed by atoms with van der Waals surface area (Å²) < 4.78 is 1.72.